The van der Waals surface area contributed by atoms with Crippen LogP contribution in [0.15, 0.2) is 60.7 Å². The van der Waals surface area contributed by atoms with E-state index in [1.54, 1.807) is 0 Å². The van der Waals surface area contributed by atoms with E-state index in [-0.39, 0.29) is 5.60 Å². The van der Waals surface area contributed by atoms with E-state index < -0.39 is 0 Å². The molecule has 2 heterocycles. The Balaban J connectivity index is 1.70. The third-order valence-electron chi connectivity index (χ3n) is 4.74. The zero-order valence-corrected chi connectivity index (χ0v) is 13.5. The lowest BCUT2D eigenvalue weighted by Gasteiger charge is -2.32. The molecule has 0 saturated carbocycles. The number of rotatable bonds is 2. The fourth-order valence-electron chi connectivity index (χ4n) is 3.52. The zero-order valence-electron chi connectivity index (χ0n) is 12.7. The van der Waals surface area contributed by atoms with Crippen molar-refractivity contribution in [1.82, 2.24) is 0 Å². The highest BCUT2D eigenvalue weighted by molar-refractivity contribution is 7.99. The molecule has 0 N–H and O–H groups in total. The van der Waals surface area contributed by atoms with Gasteiger partial charge in [-0.05, 0) is 42.0 Å². The summed E-state index contributed by atoms with van der Waals surface area (Å²) in [6, 6.07) is 21.6. The molecule has 114 valence electrons. The van der Waals surface area contributed by atoms with Gasteiger partial charge in [0, 0.05) is 6.42 Å². The molecule has 2 saturated heterocycles. The van der Waals surface area contributed by atoms with Gasteiger partial charge in [-0.25, -0.2) is 5.06 Å². The van der Waals surface area contributed by atoms with E-state index in [1.807, 2.05) is 0 Å². The number of para-hydroxylation sites is 1. The molecule has 0 radical (unpaired) electrons. The third-order valence-corrected chi connectivity index (χ3v) is 5.73. The molecule has 1 unspecified atom stereocenters. The molecule has 2 nitrogen and oxygen atoms in total. The molecular weight excluding hydrogens is 290 g/mol. The van der Waals surface area contributed by atoms with E-state index in [0.29, 0.717) is 6.04 Å². The van der Waals surface area contributed by atoms with Gasteiger partial charge in [0.25, 0.3) is 0 Å². The lowest BCUT2D eigenvalue weighted by atomic mass is 9.88. The number of hydrogen-bond acceptors (Lipinski definition) is 3. The summed E-state index contributed by atoms with van der Waals surface area (Å²) in [5.41, 5.74) is 2.54. The molecule has 2 fully saturated rings. The van der Waals surface area contributed by atoms with Gasteiger partial charge in [0.2, 0.25) is 0 Å². The first-order valence-corrected chi connectivity index (χ1v) is 9.18. The monoisotopic (exact) mass is 311 g/mol. The fraction of sp³-hybridized carbons (Fsp3) is 0.368. The van der Waals surface area contributed by atoms with Crippen molar-refractivity contribution in [2.75, 3.05) is 16.6 Å². The van der Waals surface area contributed by atoms with Crippen molar-refractivity contribution in [3.05, 3.63) is 66.2 Å². The molecule has 2 aromatic rings. The first-order chi connectivity index (χ1) is 10.9. The Morgan fingerprint density at radius 3 is 2.23 bits per heavy atom. The van der Waals surface area contributed by atoms with Gasteiger partial charge in [-0.2, -0.15) is 11.8 Å². The van der Waals surface area contributed by atoms with Crippen LogP contribution < -0.4 is 5.06 Å². The van der Waals surface area contributed by atoms with Crippen molar-refractivity contribution in [3.8, 4) is 0 Å². The summed E-state index contributed by atoms with van der Waals surface area (Å²) in [5, 5.41) is 2.16. The zero-order chi connectivity index (χ0) is 14.8. The van der Waals surface area contributed by atoms with Gasteiger partial charge < -0.3 is 0 Å². The van der Waals surface area contributed by atoms with E-state index in [9.17, 15) is 0 Å². The molecule has 3 heteroatoms. The van der Waals surface area contributed by atoms with Crippen molar-refractivity contribution in [1.29, 1.82) is 0 Å². The molecule has 0 bridgehead atoms. The van der Waals surface area contributed by atoms with E-state index in [2.05, 4.69) is 77.5 Å². The van der Waals surface area contributed by atoms with Gasteiger partial charge in [-0.3, -0.25) is 4.84 Å². The maximum atomic E-state index is 6.56. The molecule has 22 heavy (non-hydrogen) atoms. The Morgan fingerprint density at radius 2 is 1.55 bits per heavy atom. The molecule has 1 atom stereocenters. The summed E-state index contributed by atoms with van der Waals surface area (Å²) in [7, 11) is 0. The van der Waals surface area contributed by atoms with Gasteiger partial charge in [0.1, 0.15) is 5.60 Å². The Bertz CT molecular complexity index is 560. The molecule has 0 aliphatic carbocycles. The molecule has 2 aromatic carbocycles. The van der Waals surface area contributed by atoms with Crippen LogP contribution in [-0.2, 0) is 4.84 Å². The van der Waals surface area contributed by atoms with Gasteiger partial charge >= 0.3 is 0 Å². The minimum absolute atomic E-state index is 0.0294. The number of hydrogen-bond donors (Lipinski definition) is 0. The lowest BCUT2D eigenvalue weighted by Crippen LogP contribution is -2.34. The molecule has 2 aliphatic heterocycles. The fourth-order valence-corrected chi connectivity index (χ4v) is 4.76. The minimum atomic E-state index is 0.0294. The predicted molar refractivity (Wildman–Crippen MR) is 93.1 cm³/mol. The van der Waals surface area contributed by atoms with E-state index in [4.69, 9.17) is 4.84 Å². The Morgan fingerprint density at radius 1 is 0.909 bits per heavy atom. The largest absolute Gasteiger partial charge is 0.266 e. The third kappa shape index (κ3) is 2.64. The first-order valence-electron chi connectivity index (χ1n) is 8.02. The number of anilines is 1. The van der Waals surface area contributed by atoms with Crippen molar-refractivity contribution in [3.63, 3.8) is 0 Å². The maximum absolute atomic E-state index is 6.56. The van der Waals surface area contributed by atoms with Crippen LogP contribution >= 0.6 is 11.8 Å². The summed E-state index contributed by atoms with van der Waals surface area (Å²) in [6.45, 7) is 0. The highest BCUT2D eigenvalue weighted by Gasteiger charge is 2.47. The highest BCUT2D eigenvalue weighted by atomic mass is 32.2. The van der Waals surface area contributed by atoms with Crippen LogP contribution in [0.2, 0.25) is 0 Å². The summed E-state index contributed by atoms with van der Waals surface area (Å²) in [6.07, 6.45) is 3.40. The Kier molecular flexibility index (Phi) is 3.85. The number of thioether (sulfide) groups is 1. The van der Waals surface area contributed by atoms with Crippen molar-refractivity contribution < 1.29 is 4.84 Å². The second kappa shape index (κ2) is 5.98. The van der Waals surface area contributed by atoms with Crippen LogP contribution in [0.3, 0.4) is 0 Å². The van der Waals surface area contributed by atoms with E-state index in [0.717, 1.165) is 24.9 Å². The van der Waals surface area contributed by atoms with Crippen LogP contribution in [0.1, 0.15) is 30.9 Å². The van der Waals surface area contributed by atoms with Crippen LogP contribution in [0, 0.1) is 0 Å². The van der Waals surface area contributed by atoms with Crippen molar-refractivity contribution >= 4 is 17.4 Å². The second-order valence-electron chi connectivity index (χ2n) is 6.18. The maximum Gasteiger partial charge on any atom is 0.100 e. The smallest absolute Gasteiger partial charge is 0.100 e. The number of nitrogens with zero attached hydrogens (tertiary/aromatic N) is 1. The van der Waals surface area contributed by atoms with Crippen LogP contribution in [0.25, 0.3) is 0 Å². The van der Waals surface area contributed by atoms with E-state index in [1.165, 1.54) is 17.1 Å². The summed E-state index contributed by atoms with van der Waals surface area (Å²) >= 11 is 2.05. The molecule has 0 amide bonds. The van der Waals surface area contributed by atoms with Crippen LogP contribution in [-0.4, -0.2) is 17.1 Å². The van der Waals surface area contributed by atoms with Gasteiger partial charge in [0.05, 0.1) is 11.7 Å². The van der Waals surface area contributed by atoms with Crippen LogP contribution in [0.5, 0.6) is 0 Å². The normalized spacial score (nSPS) is 23.8. The van der Waals surface area contributed by atoms with Crippen molar-refractivity contribution in [2.45, 2.75) is 30.9 Å². The molecule has 0 aromatic heterocycles. The lowest BCUT2D eigenvalue weighted by molar-refractivity contribution is -0.0193. The summed E-state index contributed by atoms with van der Waals surface area (Å²) < 4.78 is 0. The quantitative estimate of drug-likeness (QED) is 0.788. The SMILES string of the molecule is c1ccc(C2CC3(CCSCC3)ON2c2ccccc2)cc1. The van der Waals surface area contributed by atoms with Gasteiger partial charge in [-0.15, -0.1) is 0 Å². The van der Waals surface area contributed by atoms with E-state index >= 15 is 0 Å². The predicted octanol–water partition coefficient (Wildman–Crippen LogP) is 4.84. The molecule has 1 spiro atoms. The number of benzene rings is 2. The standard InChI is InChI=1S/C19H21NOS/c1-3-7-16(8-4-1)18-15-19(11-13-22-14-12-19)21-20(18)17-9-5-2-6-10-17/h1-10,18H,11-15H2. The molecule has 4 rings (SSSR count). The Hall–Kier alpha value is -1.45. The Labute approximate surface area is 136 Å². The van der Waals surface area contributed by atoms with Gasteiger partial charge in [-0.1, -0.05) is 48.5 Å². The summed E-state index contributed by atoms with van der Waals surface area (Å²) in [5.74, 6) is 2.42. The average molecular weight is 311 g/mol. The highest BCUT2D eigenvalue weighted by Crippen LogP contribution is 2.48. The average Bonchev–Trinajstić information content (AvgIpc) is 2.96. The molecule has 2 aliphatic rings. The van der Waals surface area contributed by atoms with Gasteiger partial charge in [0.15, 0.2) is 0 Å². The molecular formula is C19H21NOS. The van der Waals surface area contributed by atoms with Crippen molar-refractivity contribution in [2.24, 2.45) is 0 Å². The topological polar surface area (TPSA) is 12.5 Å². The first kappa shape index (κ1) is 14.2. The second-order valence-corrected chi connectivity index (χ2v) is 7.40. The summed E-state index contributed by atoms with van der Waals surface area (Å²) in [4.78, 5) is 6.56. The number of hydroxylamine groups is 1. The minimum Gasteiger partial charge on any atom is -0.266 e. The van der Waals surface area contributed by atoms with Crippen LogP contribution in [0.4, 0.5) is 5.69 Å².